The smallest absolute Gasteiger partial charge is 0.372 e. The van der Waals surface area contributed by atoms with Gasteiger partial charge >= 0.3 is 6.18 Å². The first-order chi connectivity index (χ1) is 9.01. The van der Waals surface area contributed by atoms with E-state index in [1.807, 2.05) is 6.92 Å². The van der Waals surface area contributed by atoms with E-state index in [2.05, 4.69) is 20.4 Å². The van der Waals surface area contributed by atoms with Gasteiger partial charge in [0.1, 0.15) is 6.61 Å². The molecule has 0 heterocycles. The van der Waals surface area contributed by atoms with E-state index >= 15 is 0 Å². The minimum atomic E-state index is -4.24. The molecule has 1 aliphatic carbocycles. The lowest BCUT2D eigenvalue weighted by molar-refractivity contribution is -0.173. The van der Waals surface area contributed by atoms with Gasteiger partial charge in [0.2, 0.25) is 0 Å². The summed E-state index contributed by atoms with van der Waals surface area (Å²) in [6.45, 7) is 3.02. The van der Waals surface area contributed by atoms with Crippen molar-refractivity contribution in [2.45, 2.75) is 32.4 Å². The van der Waals surface area contributed by atoms with Crippen LogP contribution in [0, 0.1) is 5.92 Å². The summed E-state index contributed by atoms with van der Waals surface area (Å²) in [5, 5.41) is 6.18. The van der Waals surface area contributed by atoms with Gasteiger partial charge in [-0.05, 0) is 32.1 Å². The zero-order valence-electron chi connectivity index (χ0n) is 11.6. The van der Waals surface area contributed by atoms with Gasteiger partial charge in [-0.15, -0.1) is 24.0 Å². The van der Waals surface area contributed by atoms with Gasteiger partial charge in [-0.25, -0.2) is 0 Å². The van der Waals surface area contributed by atoms with Crippen molar-refractivity contribution in [3.8, 4) is 0 Å². The average Bonchev–Trinajstić information content (AvgIpc) is 3.12. The Morgan fingerprint density at radius 3 is 2.55 bits per heavy atom. The second-order valence-electron chi connectivity index (χ2n) is 4.61. The number of aliphatic imine (C=N–C) groups is 1. The number of rotatable bonds is 8. The summed E-state index contributed by atoms with van der Waals surface area (Å²) in [4.78, 5) is 4.41. The van der Waals surface area contributed by atoms with Gasteiger partial charge in [-0.2, -0.15) is 13.2 Å². The van der Waals surface area contributed by atoms with Crippen LogP contribution in [0.1, 0.15) is 26.2 Å². The first kappa shape index (κ1) is 19.8. The molecule has 0 aromatic heterocycles. The predicted molar refractivity (Wildman–Crippen MR) is 83.6 cm³/mol. The molecule has 1 aliphatic rings. The van der Waals surface area contributed by atoms with Crippen molar-refractivity contribution in [1.29, 1.82) is 0 Å². The lowest BCUT2D eigenvalue weighted by Gasteiger charge is -2.11. The van der Waals surface area contributed by atoms with Gasteiger partial charge in [0, 0.05) is 26.2 Å². The van der Waals surface area contributed by atoms with Crippen molar-refractivity contribution in [3.05, 3.63) is 0 Å². The second kappa shape index (κ2) is 10.5. The van der Waals surface area contributed by atoms with E-state index in [0.29, 0.717) is 18.9 Å². The maximum atomic E-state index is 11.8. The highest BCUT2D eigenvalue weighted by molar-refractivity contribution is 14.0. The molecule has 0 unspecified atom stereocenters. The SMILES string of the molecule is CCNC(=NCC1CC1)NCCCOCC(F)(F)F.I. The third-order valence-electron chi connectivity index (χ3n) is 2.57. The van der Waals surface area contributed by atoms with Crippen molar-refractivity contribution < 1.29 is 17.9 Å². The predicted octanol–water partition coefficient (Wildman–Crippen LogP) is 2.54. The monoisotopic (exact) mass is 409 g/mol. The zero-order chi connectivity index (χ0) is 14.1. The topological polar surface area (TPSA) is 45.7 Å². The van der Waals surface area contributed by atoms with E-state index in [4.69, 9.17) is 0 Å². The summed E-state index contributed by atoms with van der Waals surface area (Å²) in [5.41, 5.74) is 0. The molecule has 20 heavy (non-hydrogen) atoms. The van der Waals surface area contributed by atoms with Crippen LogP contribution in [0.2, 0.25) is 0 Å². The Morgan fingerprint density at radius 2 is 2.00 bits per heavy atom. The molecule has 1 rings (SSSR count). The van der Waals surface area contributed by atoms with Crippen molar-refractivity contribution in [2.24, 2.45) is 10.9 Å². The Balaban J connectivity index is 0.00000361. The Hall–Kier alpha value is -0.250. The number of hydrogen-bond donors (Lipinski definition) is 2. The molecule has 2 N–H and O–H groups in total. The van der Waals surface area contributed by atoms with Gasteiger partial charge in [0.15, 0.2) is 5.96 Å². The molecular formula is C12H23F3IN3O. The van der Waals surface area contributed by atoms with Crippen LogP contribution in [-0.4, -0.2) is 45.0 Å². The van der Waals surface area contributed by atoms with E-state index in [-0.39, 0.29) is 30.6 Å². The van der Waals surface area contributed by atoms with Gasteiger partial charge in [-0.3, -0.25) is 4.99 Å². The van der Waals surface area contributed by atoms with Crippen molar-refractivity contribution in [1.82, 2.24) is 10.6 Å². The number of guanidine groups is 1. The standard InChI is InChI=1S/C12H22F3N3O.HI/c1-2-16-11(18-8-10-4-5-10)17-6-3-7-19-9-12(13,14)15;/h10H,2-9H2,1H3,(H2,16,17,18);1H. The van der Waals surface area contributed by atoms with Crippen LogP contribution in [0.25, 0.3) is 0 Å². The highest BCUT2D eigenvalue weighted by Crippen LogP contribution is 2.28. The first-order valence-electron chi connectivity index (χ1n) is 6.68. The van der Waals surface area contributed by atoms with Crippen molar-refractivity contribution in [2.75, 3.05) is 32.8 Å². The number of nitrogens with one attached hydrogen (secondary N) is 2. The molecule has 120 valence electrons. The van der Waals surface area contributed by atoms with Crippen LogP contribution in [0.4, 0.5) is 13.2 Å². The van der Waals surface area contributed by atoms with Crippen LogP contribution in [0.5, 0.6) is 0 Å². The molecule has 0 aliphatic heterocycles. The fourth-order valence-electron chi connectivity index (χ4n) is 1.43. The third-order valence-corrected chi connectivity index (χ3v) is 2.57. The second-order valence-corrected chi connectivity index (χ2v) is 4.61. The van der Waals surface area contributed by atoms with Crippen molar-refractivity contribution in [3.63, 3.8) is 0 Å². The Morgan fingerprint density at radius 1 is 1.30 bits per heavy atom. The summed E-state index contributed by atoms with van der Waals surface area (Å²) in [6, 6.07) is 0. The van der Waals surface area contributed by atoms with Gasteiger partial charge in [0.25, 0.3) is 0 Å². The largest absolute Gasteiger partial charge is 0.411 e. The number of halogens is 4. The maximum Gasteiger partial charge on any atom is 0.411 e. The maximum absolute atomic E-state index is 11.8. The van der Waals surface area contributed by atoms with Crippen LogP contribution in [-0.2, 0) is 4.74 Å². The number of nitrogens with zero attached hydrogens (tertiary/aromatic N) is 1. The number of ether oxygens (including phenoxy) is 1. The molecule has 0 spiro atoms. The summed E-state index contributed by atoms with van der Waals surface area (Å²) >= 11 is 0. The van der Waals surface area contributed by atoms with Crippen LogP contribution >= 0.6 is 24.0 Å². The molecule has 0 radical (unpaired) electrons. The molecule has 0 saturated heterocycles. The van der Waals surface area contributed by atoms with Crippen LogP contribution in [0.3, 0.4) is 0 Å². The summed E-state index contributed by atoms with van der Waals surface area (Å²) < 4.78 is 39.9. The van der Waals surface area contributed by atoms with Crippen LogP contribution in [0.15, 0.2) is 4.99 Å². The summed E-state index contributed by atoms with van der Waals surface area (Å²) in [7, 11) is 0. The van der Waals surface area contributed by atoms with E-state index < -0.39 is 12.8 Å². The van der Waals surface area contributed by atoms with E-state index in [0.717, 1.165) is 19.0 Å². The van der Waals surface area contributed by atoms with Gasteiger partial charge in [-0.1, -0.05) is 0 Å². The fourth-order valence-corrected chi connectivity index (χ4v) is 1.43. The number of hydrogen-bond acceptors (Lipinski definition) is 2. The average molecular weight is 409 g/mol. The summed E-state index contributed by atoms with van der Waals surface area (Å²) in [5.74, 6) is 1.44. The molecule has 0 aromatic rings. The molecule has 0 bridgehead atoms. The van der Waals surface area contributed by atoms with Crippen molar-refractivity contribution >= 4 is 29.9 Å². The van der Waals surface area contributed by atoms with Gasteiger partial charge in [0.05, 0.1) is 0 Å². The molecule has 8 heteroatoms. The molecule has 0 aromatic carbocycles. The normalized spacial score (nSPS) is 15.7. The Bertz CT molecular complexity index is 284. The van der Waals surface area contributed by atoms with E-state index in [9.17, 15) is 13.2 Å². The highest BCUT2D eigenvalue weighted by atomic mass is 127. The Labute approximate surface area is 134 Å². The molecule has 1 saturated carbocycles. The lowest BCUT2D eigenvalue weighted by atomic mass is 10.4. The molecule has 1 fully saturated rings. The Kier molecular flexibility index (Phi) is 10.3. The highest BCUT2D eigenvalue weighted by Gasteiger charge is 2.27. The first-order valence-corrected chi connectivity index (χ1v) is 6.68. The zero-order valence-corrected chi connectivity index (χ0v) is 14.0. The fraction of sp³-hybridized carbons (Fsp3) is 0.917. The third kappa shape index (κ3) is 11.6. The molecule has 0 amide bonds. The van der Waals surface area contributed by atoms with Crippen LogP contribution < -0.4 is 10.6 Å². The minimum Gasteiger partial charge on any atom is -0.372 e. The number of alkyl halides is 3. The molecule has 4 nitrogen and oxygen atoms in total. The molecular weight excluding hydrogens is 386 g/mol. The minimum absolute atomic E-state index is 0. The quantitative estimate of drug-likeness (QED) is 0.280. The van der Waals surface area contributed by atoms with Gasteiger partial charge < -0.3 is 15.4 Å². The van der Waals surface area contributed by atoms with E-state index in [1.54, 1.807) is 0 Å². The summed E-state index contributed by atoms with van der Waals surface area (Å²) in [6.07, 6.45) is -1.24. The lowest BCUT2D eigenvalue weighted by Crippen LogP contribution is -2.38. The molecule has 0 atom stereocenters. The van der Waals surface area contributed by atoms with E-state index in [1.165, 1.54) is 12.8 Å².